The number of phenolic OH excluding ortho intramolecular Hbond substituents is 1. The molecule has 1 aromatic carbocycles. The standard InChI is InChI=1S/C10H12N2O8/c13-9-3-1-8(2-4-9)5-18-6-10(20-12(16)17)7-19-11(14)15/h1-4,10,13H,5-7H2. The highest BCUT2D eigenvalue weighted by Crippen LogP contribution is 2.10. The molecule has 0 saturated carbocycles. The maximum Gasteiger partial charge on any atom is 0.294 e. The maximum absolute atomic E-state index is 10.2. The Morgan fingerprint density at radius 1 is 1.10 bits per heavy atom. The molecule has 0 aliphatic carbocycles. The number of aromatic hydroxyl groups is 1. The van der Waals surface area contributed by atoms with Crippen LogP contribution >= 0.6 is 0 Å². The van der Waals surface area contributed by atoms with Crippen LogP contribution in [0.25, 0.3) is 0 Å². The zero-order chi connectivity index (χ0) is 15.0. The van der Waals surface area contributed by atoms with E-state index < -0.39 is 22.9 Å². The van der Waals surface area contributed by atoms with E-state index in [-0.39, 0.29) is 19.0 Å². The average molecular weight is 288 g/mol. The number of hydrogen-bond acceptors (Lipinski definition) is 8. The molecule has 1 rings (SSSR count). The lowest BCUT2D eigenvalue weighted by molar-refractivity contribution is -0.790. The molecule has 1 unspecified atom stereocenters. The maximum atomic E-state index is 10.2. The molecule has 1 N–H and O–H groups in total. The average Bonchev–Trinajstić information content (AvgIpc) is 2.37. The molecule has 0 bridgehead atoms. The molecule has 20 heavy (non-hydrogen) atoms. The summed E-state index contributed by atoms with van der Waals surface area (Å²) in [6.07, 6.45) is -1.20. The van der Waals surface area contributed by atoms with E-state index in [2.05, 4.69) is 9.68 Å². The van der Waals surface area contributed by atoms with E-state index in [1.165, 1.54) is 12.1 Å². The summed E-state index contributed by atoms with van der Waals surface area (Å²) in [5, 5.41) is 27.1. The molecule has 1 atom stereocenters. The van der Waals surface area contributed by atoms with E-state index in [4.69, 9.17) is 9.84 Å². The minimum atomic E-state index is -1.20. The zero-order valence-electron chi connectivity index (χ0n) is 10.2. The van der Waals surface area contributed by atoms with Crippen LogP contribution in [0.2, 0.25) is 0 Å². The Kier molecular flexibility index (Phi) is 5.97. The third kappa shape index (κ3) is 6.35. The monoisotopic (exact) mass is 288 g/mol. The molecule has 0 aromatic heterocycles. The molecule has 0 aliphatic heterocycles. The van der Waals surface area contributed by atoms with Crippen LogP contribution in [-0.2, 0) is 21.0 Å². The first-order valence-corrected chi connectivity index (χ1v) is 5.41. The van der Waals surface area contributed by atoms with Gasteiger partial charge in [-0.15, -0.1) is 20.2 Å². The minimum absolute atomic E-state index is 0.0997. The summed E-state index contributed by atoms with van der Waals surface area (Å²) < 4.78 is 5.14. The van der Waals surface area contributed by atoms with E-state index in [9.17, 15) is 20.2 Å². The molecule has 0 radical (unpaired) electrons. The van der Waals surface area contributed by atoms with Crippen LogP contribution in [0.15, 0.2) is 24.3 Å². The molecule has 1 aromatic rings. The van der Waals surface area contributed by atoms with Crippen molar-refractivity contribution in [3.05, 3.63) is 50.1 Å². The van der Waals surface area contributed by atoms with Gasteiger partial charge in [-0.1, -0.05) is 12.1 Å². The topological polar surface area (TPSA) is 134 Å². The first kappa shape index (κ1) is 15.4. The van der Waals surface area contributed by atoms with Gasteiger partial charge in [-0.05, 0) is 17.7 Å². The highest BCUT2D eigenvalue weighted by Gasteiger charge is 2.16. The molecule has 0 heterocycles. The highest BCUT2D eigenvalue weighted by molar-refractivity contribution is 5.25. The van der Waals surface area contributed by atoms with Gasteiger partial charge in [0, 0.05) is 0 Å². The van der Waals surface area contributed by atoms with Gasteiger partial charge >= 0.3 is 0 Å². The van der Waals surface area contributed by atoms with E-state index in [1.54, 1.807) is 12.1 Å². The van der Waals surface area contributed by atoms with Crippen molar-refractivity contribution in [1.29, 1.82) is 0 Å². The normalized spacial score (nSPS) is 11.6. The molecule has 110 valence electrons. The fourth-order valence-electron chi connectivity index (χ4n) is 1.28. The summed E-state index contributed by atoms with van der Waals surface area (Å²) in [6.45, 7) is -0.754. The largest absolute Gasteiger partial charge is 0.508 e. The predicted molar refractivity (Wildman–Crippen MR) is 62.6 cm³/mol. The molecular weight excluding hydrogens is 276 g/mol. The highest BCUT2D eigenvalue weighted by atomic mass is 17.0. The van der Waals surface area contributed by atoms with Gasteiger partial charge < -0.3 is 19.5 Å². The van der Waals surface area contributed by atoms with Crippen LogP contribution in [0.1, 0.15) is 5.56 Å². The van der Waals surface area contributed by atoms with Crippen LogP contribution in [0.3, 0.4) is 0 Å². The fourth-order valence-corrected chi connectivity index (χ4v) is 1.28. The van der Waals surface area contributed by atoms with E-state index >= 15 is 0 Å². The summed E-state index contributed by atoms with van der Waals surface area (Å²) >= 11 is 0. The lowest BCUT2D eigenvalue weighted by atomic mass is 10.2. The zero-order valence-corrected chi connectivity index (χ0v) is 10.2. The molecule has 0 amide bonds. The lowest BCUT2D eigenvalue weighted by Gasteiger charge is -2.13. The van der Waals surface area contributed by atoms with E-state index in [0.717, 1.165) is 5.56 Å². The quantitative estimate of drug-likeness (QED) is 0.518. The van der Waals surface area contributed by atoms with Crippen LogP contribution in [-0.4, -0.2) is 34.6 Å². The van der Waals surface area contributed by atoms with Gasteiger partial charge in [-0.3, -0.25) is 0 Å². The van der Waals surface area contributed by atoms with Crippen molar-refractivity contribution < 1.29 is 29.7 Å². The Morgan fingerprint density at radius 3 is 2.30 bits per heavy atom. The number of ether oxygens (including phenoxy) is 1. The molecule has 10 heteroatoms. The lowest BCUT2D eigenvalue weighted by Crippen LogP contribution is -2.29. The van der Waals surface area contributed by atoms with Crippen molar-refractivity contribution >= 4 is 0 Å². The molecule has 0 saturated heterocycles. The van der Waals surface area contributed by atoms with Crippen molar-refractivity contribution in [3.63, 3.8) is 0 Å². The van der Waals surface area contributed by atoms with Crippen LogP contribution in [0.4, 0.5) is 0 Å². The van der Waals surface area contributed by atoms with Gasteiger partial charge in [0.2, 0.25) is 0 Å². The smallest absolute Gasteiger partial charge is 0.294 e. The van der Waals surface area contributed by atoms with Crippen LogP contribution in [0, 0.1) is 20.2 Å². The Hall–Kier alpha value is -2.62. The summed E-state index contributed by atoms with van der Waals surface area (Å²) in [6, 6.07) is 6.12. The number of nitrogens with zero attached hydrogens (tertiary/aromatic N) is 2. The molecule has 0 fully saturated rings. The Balaban J connectivity index is 2.38. The second-order valence-corrected chi connectivity index (χ2v) is 3.65. The van der Waals surface area contributed by atoms with Crippen molar-refractivity contribution in [2.45, 2.75) is 12.7 Å². The van der Waals surface area contributed by atoms with Crippen molar-refractivity contribution in [2.24, 2.45) is 0 Å². The van der Waals surface area contributed by atoms with Crippen molar-refractivity contribution in [3.8, 4) is 5.75 Å². The number of benzene rings is 1. The van der Waals surface area contributed by atoms with Gasteiger partial charge in [0.1, 0.15) is 12.4 Å². The number of rotatable bonds is 9. The Labute approximate surface area is 112 Å². The van der Waals surface area contributed by atoms with Gasteiger partial charge in [-0.25, -0.2) is 0 Å². The van der Waals surface area contributed by atoms with E-state index in [1.807, 2.05) is 0 Å². The third-order valence-corrected chi connectivity index (χ3v) is 2.11. The van der Waals surface area contributed by atoms with Gasteiger partial charge in [0.25, 0.3) is 10.2 Å². The number of phenols is 1. The van der Waals surface area contributed by atoms with Crippen LogP contribution < -0.4 is 0 Å². The summed E-state index contributed by atoms with van der Waals surface area (Å²) in [5.41, 5.74) is 0.720. The van der Waals surface area contributed by atoms with Crippen molar-refractivity contribution in [1.82, 2.24) is 0 Å². The molecule has 0 spiro atoms. The van der Waals surface area contributed by atoms with Gasteiger partial charge in [0.15, 0.2) is 6.10 Å². The van der Waals surface area contributed by atoms with Crippen molar-refractivity contribution in [2.75, 3.05) is 13.2 Å². The first-order valence-electron chi connectivity index (χ1n) is 5.41. The SMILES string of the molecule is O=[N+]([O-])OCC(COCc1ccc(O)cc1)O[N+](=O)[O-]. The molecular formula is C10H12N2O8. The second kappa shape index (κ2) is 7.74. The summed E-state index contributed by atoms with van der Waals surface area (Å²) in [4.78, 5) is 28.4. The summed E-state index contributed by atoms with van der Waals surface area (Å²) in [7, 11) is 0. The van der Waals surface area contributed by atoms with E-state index in [0.29, 0.717) is 0 Å². The fraction of sp³-hybridized carbons (Fsp3) is 0.400. The minimum Gasteiger partial charge on any atom is -0.508 e. The molecule has 10 nitrogen and oxygen atoms in total. The number of hydrogen-bond donors (Lipinski definition) is 1. The Bertz CT molecular complexity index is 449. The molecule has 0 aliphatic rings. The second-order valence-electron chi connectivity index (χ2n) is 3.65. The predicted octanol–water partition coefficient (Wildman–Crippen LogP) is 0.694. The van der Waals surface area contributed by atoms with Gasteiger partial charge in [0.05, 0.1) is 13.2 Å². The Morgan fingerprint density at radius 2 is 1.75 bits per heavy atom. The van der Waals surface area contributed by atoms with Gasteiger partial charge in [-0.2, -0.15) is 0 Å². The first-order chi connectivity index (χ1) is 9.47. The summed E-state index contributed by atoms with van der Waals surface area (Å²) in [5.74, 6) is 0.0997. The third-order valence-electron chi connectivity index (χ3n) is 2.11. The van der Waals surface area contributed by atoms with Crippen LogP contribution in [0.5, 0.6) is 5.75 Å².